The Balaban J connectivity index is 5.53. The van der Waals surface area contributed by atoms with Gasteiger partial charge in [-0.25, -0.2) is 9.13 Å². The summed E-state index contributed by atoms with van der Waals surface area (Å²) in [6, 6.07) is 0. The molecule has 0 spiro atoms. The van der Waals surface area contributed by atoms with Crippen molar-refractivity contribution in [2.24, 2.45) is 0 Å². The molecule has 0 aliphatic carbocycles. The van der Waals surface area contributed by atoms with E-state index in [2.05, 4.69) is 161 Å². The summed E-state index contributed by atoms with van der Waals surface area (Å²) in [5.41, 5.74) is 0. The van der Waals surface area contributed by atoms with Crippen molar-refractivity contribution < 1.29 is 80.2 Å². The van der Waals surface area contributed by atoms with E-state index in [9.17, 15) is 43.2 Å². The molecule has 5 atom stereocenters. The van der Waals surface area contributed by atoms with Gasteiger partial charge in [0.15, 0.2) is 12.2 Å². The van der Waals surface area contributed by atoms with Gasteiger partial charge in [-0.1, -0.05) is 288 Å². The van der Waals surface area contributed by atoms with Gasteiger partial charge in [0.05, 0.1) is 26.4 Å². The highest BCUT2D eigenvalue weighted by Gasteiger charge is 2.30. The molecule has 0 amide bonds. The van der Waals surface area contributed by atoms with Crippen molar-refractivity contribution in [3.05, 3.63) is 170 Å². The number of rotatable bonds is 74. The first-order valence-electron chi connectivity index (χ1n) is 40.4. The zero-order chi connectivity index (χ0) is 77.4. The number of allylic oxidation sites excluding steroid dienone is 28. The van der Waals surface area contributed by atoms with Crippen LogP contribution in [-0.2, 0) is 65.4 Å². The molecule has 0 bridgehead atoms. The molecule has 0 aromatic rings. The topological polar surface area (TPSA) is 237 Å². The highest BCUT2D eigenvalue weighted by atomic mass is 31.2. The van der Waals surface area contributed by atoms with Gasteiger partial charge in [-0.2, -0.15) is 0 Å². The van der Waals surface area contributed by atoms with E-state index >= 15 is 0 Å². The maximum Gasteiger partial charge on any atom is 0.472 e. The van der Waals surface area contributed by atoms with Crippen LogP contribution in [-0.4, -0.2) is 96.7 Å². The molecule has 0 rings (SSSR count). The van der Waals surface area contributed by atoms with Crippen LogP contribution >= 0.6 is 15.6 Å². The lowest BCUT2D eigenvalue weighted by Crippen LogP contribution is -2.30. The summed E-state index contributed by atoms with van der Waals surface area (Å²) >= 11 is 0. The molecule has 0 aromatic heterocycles. The Labute approximate surface area is 642 Å². The number of carbonyl (C=O) groups excluding carboxylic acids is 4. The van der Waals surface area contributed by atoms with Crippen LogP contribution in [0.4, 0.5) is 0 Å². The van der Waals surface area contributed by atoms with Gasteiger partial charge in [-0.05, 0) is 154 Å². The number of ether oxygens (including phenoxy) is 4. The first-order chi connectivity index (χ1) is 51.7. The number of aliphatic hydroxyl groups is 1. The van der Waals surface area contributed by atoms with Gasteiger partial charge in [0.25, 0.3) is 0 Å². The summed E-state index contributed by atoms with van der Waals surface area (Å²) in [5, 5.41) is 10.6. The standard InChI is InChI=1S/C87H142O17P2/c1-5-9-13-17-21-25-29-33-36-38-40-42-45-49-53-57-61-65-69-73-86(91)103-82(77-97-84(89)71-67-63-59-55-51-47-32-28-24-20-16-12-8-4)79-101-105(93,94)99-75-81(88)76-100-106(95,96)102-80-83(78-98-85(90)72-68-64-60-56-52-48-44-35-31-27-23-19-15-11-7-3)104-87(92)74-70-66-62-58-54-50-46-43-41-39-37-34-30-26-22-18-14-10-6-2/h9-10,13-14,21-22,25-26,28,32-37,40-44,49-50,53-54,61-62,65-66,81-83,88H,5-8,11-12,15-20,23-24,27,29-31,38-39,45-48,51-52,55-60,63-64,67-80H2,1-4H3,(H,93,94)(H,95,96)/b13-9-,14-10-,25-21-,26-22-,32-28-,36-33-,37-34-,42-40-,43-41-,44-35-,53-49-,54-50-,65-61-,66-62-/t81-,82+,83+/m0/s1. The number of hydrogen-bond acceptors (Lipinski definition) is 15. The largest absolute Gasteiger partial charge is 0.472 e. The number of phosphoric acid groups is 2. The number of esters is 4. The van der Waals surface area contributed by atoms with Gasteiger partial charge in [-0.3, -0.25) is 37.3 Å². The predicted molar refractivity (Wildman–Crippen MR) is 436 cm³/mol. The molecule has 0 aromatic carbocycles. The zero-order valence-electron chi connectivity index (χ0n) is 65.8. The number of aliphatic hydroxyl groups excluding tert-OH is 1. The van der Waals surface area contributed by atoms with Gasteiger partial charge in [-0.15, -0.1) is 0 Å². The Morgan fingerprint density at radius 3 is 0.802 bits per heavy atom. The lowest BCUT2D eigenvalue weighted by molar-refractivity contribution is -0.161. The molecule has 0 aliphatic heterocycles. The van der Waals surface area contributed by atoms with Crippen LogP contribution < -0.4 is 0 Å². The molecule has 106 heavy (non-hydrogen) atoms. The first-order valence-corrected chi connectivity index (χ1v) is 43.4. The number of phosphoric ester groups is 2. The van der Waals surface area contributed by atoms with Crippen molar-refractivity contribution in [3.8, 4) is 0 Å². The molecule has 0 radical (unpaired) electrons. The normalized spacial score (nSPS) is 14.7. The summed E-state index contributed by atoms with van der Waals surface area (Å²) in [5.74, 6) is -2.40. The molecule has 0 saturated heterocycles. The molecule has 19 heteroatoms. The van der Waals surface area contributed by atoms with Crippen LogP contribution in [0, 0.1) is 0 Å². The molecule has 602 valence electrons. The lowest BCUT2D eigenvalue weighted by Gasteiger charge is -2.21. The van der Waals surface area contributed by atoms with Crippen molar-refractivity contribution in [1.82, 2.24) is 0 Å². The molecule has 0 saturated carbocycles. The maximum atomic E-state index is 13.1. The molecular weight excluding hydrogens is 1380 g/mol. The number of hydrogen-bond donors (Lipinski definition) is 3. The highest BCUT2D eigenvalue weighted by Crippen LogP contribution is 2.45. The predicted octanol–water partition coefficient (Wildman–Crippen LogP) is 23.8. The minimum atomic E-state index is -5.01. The van der Waals surface area contributed by atoms with Gasteiger partial charge >= 0.3 is 39.5 Å². The van der Waals surface area contributed by atoms with Crippen LogP contribution in [0.3, 0.4) is 0 Å². The van der Waals surface area contributed by atoms with Crippen LogP contribution in [0.25, 0.3) is 0 Å². The van der Waals surface area contributed by atoms with Crippen molar-refractivity contribution in [3.63, 3.8) is 0 Å². The van der Waals surface area contributed by atoms with Crippen LogP contribution in [0.15, 0.2) is 170 Å². The van der Waals surface area contributed by atoms with Gasteiger partial charge < -0.3 is 33.8 Å². The van der Waals surface area contributed by atoms with Crippen molar-refractivity contribution in [1.29, 1.82) is 0 Å². The van der Waals surface area contributed by atoms with Crippen molar-refractivity contribution >= 4 is 39.5 Å². The van der Waals surface area contributed by atoms with E-state index < -0.39 is 97.5 Å². The summed E-state index contributed by atoms with van der Waals surface area (Å²) in [6.45, 7) is 4.42. The average Bonchev–Trinajstić information content (AvgIpc) is 0.937. The van der Waals surface area contributed by atoms with Crippen LogP contribution in [0.5, 0.6) is 0 Å². The van der Waals surface area contributed by atoms with Crippen molar-refractivity contribution in [2.45, 2.75) is 316 Å². The zero-order valence-corrected chi connectivity index (χ0v) is 67.6. The summed E-state index contributed by atoms with van der Waals surface area (Å²) in [6.07, 6.45) is 92.2. The highest BCUT2D eigenvalue weighted by molar-refractivity contribution is 7.47. The number of unbranched alkanes of at least 4 members (excludes halogenated alkanes) is 20. The fourth-order valence-corrected chi connectivity index (χ4v) is 11.7. The van der Waals surface area contributed by atoms with Gasteiger partial charge in [0, 0.05) is 25.7 Å². The fraction of sp³-hybridized carbons (Fsp3) is 0.632. The van der Waals surface area contributed by atoms with E-state index in [1.807, 2.05) is 36.5 Å². The summed E-state index contributed by atoms with van der Waals surface area (Å²) in [4.78, 5) is 73.0. The first kappa shape index (κ1) is 100. The molecule has 0 fully saturated rings. The Bertz CT molecular complexity index is 2680. The van der Waals surface area contributed by atoms with E-state index in [-0.39, 0.29) is 25.7 Å². The van der Waals surface area contributed by atoms with Gasteiger partial charge in [0.2, 0.25) is 0 Å². The second-order valence-corrected chi connectivity index (χ2v) is 29.1. The van der Waals surface area contributed by atoms with Gasteiger partial charge in [0.1, 0.15) is 19.3 Å². The Hall–Kier alpha value is -5.58. The third-order valence-corrected chi connectivity index (χ3v) is 18.1. The van der Waals surface area contributed by atoms with E-state index in [0.29, 0.717) is 38.5 Å². The maximum absolute atomic E-state index is 13.1. The Morgan fingerprint density at radius 1 is 0.274 bits per heavy atom. The molecule has 0 aliphatic rings. The smallest absolute Gasteiger partial charge is 0.462 e. The minimum Gasteiger partial charge on any atom is -0.462 e. The van der Waals surface area contributed by atoms with E-state index in [1.54, 1.807) is 0 Å². The fourth-order valence-electron chi connectivity index (χ4n) is 10.1. The van der Waals surface area contributed by atoms with E-state index in [1.165, 1.54) is 64.2 Å². The SMILES string of the molecule is CC/C=C\C/C=C\C/C=C\C/C=C\C/C=C\C/C=C\CCC(=O)O[C@H](COC(=O)CCCCCCC/C=C\CCCCCC)COP(=O)(O)OC[C@H](O)COP(=O)(O)OC[C@@H](COC(=O)CCCCCCC/C=C\CCCCCCCC)OC(=O)CC/C=C\C/C=C\C/C=C\C/C=C\C/C=C\C/C=C\CC. The van der Waals surface area contributed by atoms with Crippen molar-refractivity contribution in [2.75, 3.05) is 39.6 Å². The quantitative estimate of drug-likeness (QED) is 0.0169. The summed E-state index contributed by atoms with van der Waals surface area (Å²) in [7, 11) is -10.0. The van der Waals surface area contributed by atoms with E-state index in [0.717, 1.165) is 141 Å². The molecule has 3 N–H and O–H groups in total. The van der Waals surface area contributed by atoms with Crippen LogP contribution in [0.1, 0.15) is 297 Å². The Morgan fingerprint density at radius 2 is 0.509 bits per heavy atom. The average molecular weight is 1520 g/mol. The molecule has 0 heterocycles. The minimum absolute atomic E-state index is 0.0390. The van der Waals surface area contributed by atoms with E-state index in [4.69, 9.17) is 37.0 Å². The Kier molecular flexibility index (Phi) is 73.5. The monoisotopic (exact) mass is 1520 g/mol. The third kappa shape index (κ3) is 76.6. The molecule has 17 nitrogen and oxygen atoms in total. The number of carbonyl (C=O) groups is 4. The molecule has 2 unspecified atom stereocenters. The second kappa shape index (κ2) is 77.6. The lowest BCUT2D eigenvalue weighted by atomic mass is 10.1. The molecular formula is C87H142O17P2. The second-order valence-electron chi connectivity index (χ2n) is 26.2. The summed E-state index contributed by atoms with van der Waals surface area (Å²) < 4.78 is 68.4. The van der Waals surface area contributed by atoms with Crippen LogP contribution in [0.2, 0.25) is 0 Å². The third-order valence-electron chi connectivity index (χ3n) is 16.2.